The number of halogens is 1. The second-order valence-electron chi connectivity index (χ2n) is 4.99. The van der Waals surface area contributed by atoms with Crippen molar-refractivity contribution in [3.8, 4) is 17.2 Å². The zero-order chi connectivity index (χ0) is 18.2. The monoisotopic (exact) mass is 361 g/mol. The fourth-order valence-electron chi connectivity index (χ4n) is 2.16. The number of anilines is 1. The first kappa shape index (κ1) is 18.7. The highest BCUT2D eigenvalue weighted by molar-refractivity contribution is 6.32. The summed E-state index contributed by atoms with van der Waals surface area (Å²) in [4.78, 5) is 12.2. The lowest BCUT2D eigenvalue weighted by Crippen LogP contribution is -1.99. The molecular weight excluding hydrogens is 342 g/mol. The Labute approximate surface area is 152 Å². The second kappa shape index (κ2) is 8.99. The van der Waals surface area contributed by atoms with Crippen LogP contribution in [-0.4, -0.2) is 26.6 Å². The van der Waals surface area contributed by atoms with E-state index in [2.05, 4.69) is 5.32 Å². The van der Waals surface area contributed by atoms with Gasteiger partial charge in [-0.25, -0.2) is 0 Å². The topological polar surface area (TPSA) is 56.8 Å². The molecule has 0 unspecified atom stereocenters. The molecule has 2 rings (SSSR count). The van der Waals surface area contributed by atoms with Gasteiger partial charge in [0.05, 0.1) is 31.5 Å². The van der Waals surface area contributed by atoms with Crippen molar-refractivity contribution in [3.05, 3.63) is 59.3 Å². The number of benzene rings is 2. The number of hydrogen-bond donors (Lipinski definition) is 1. The third kappa shape index (κ3) is 4.90. The Kier molecular flexibility index (Phi) is 6.71. The van der Waals surface area contributed by atoms with Gasteiger partial charge in [0.1, 0.15) is 17.2 Å². The van der Waals surface area contributed by atoms with Crippen LogP contribution in [0.3, 0.4) is 0 Å². The Morgan fingerprint density at radius 3 is 2.40 bits per heavy atom. The summed E-state index contributed by atoms with van der Waals surface area (Å²) in [6.07, 6.45) is 2.99. The summed E-state index contributed by atoms with van der Waals surface area (Å²) < 4.78 is 15.8. The van der Waals surface area contributed by atoms with Crippen LogP contribution in [0.15, 0.2) is 48.7 Å². The van der Waals surface area contributed by atoms with Crippen LogP contribution in [0.25, 0.3) is 0 Å². The number of methoxy groups -OCH3 is 2. The minimum Gasteiger partial charge on any atom is -0.495 e. The highest BCUT2D eigenvalue weighted by Crippen LogP contribution is 2.35. The maximum Gasteiger partial charge on any atom is 0.187 e. The van der Waals surface area contributed by atoms with Crippen molar-refractivity contribution in [2.24, 2.45) is 0 Å². The van der Waals surface area contributed by atoms with Gasteiger partial charge in [0.15, 0.2) is 5.78 Å². The Morgan fingerprint density at radius 1 is 1.12 bits per heavy atom. The number of nitrogens with one attached hydrogen (secondary N) is 1. The molecule has 0 aliphatic heterocycles. The van der Waals surface area contributed by atoms with Crippen molar-refractivity contribution in [2.75, 3.05) is 26.1 Å². The van der Waals surface area contributed by atoms with Crippen LogP contribution < -0.4 is 19.5 Å². The molecule has 0 saturated carbocycles. The van der Waals surface area contributed by atoms with E-state index in [1.54, 1.807) is 42.6 Å². The number of allylic oxidation sites excluding steroid dienone is 1. The Morgan fingerprint density at radius 2 is 1.80 bits per heavy atom. The van der Waals surface area contributed by atoms with Crippen LogP contribution in [0.4, 0.5) is 5.69 Å². The third-order valence-electron chi connectivity index (χ3n) is 3.40. The first-order valence-corrected chi connectivity index (χ1v) is 8.08. The summed E-state index contributed by atoms with van der Waals surface area (Å²) in [6.45, 7) is 2.50. The zero-order valence-electron chi connectivity index (χ0n) is 14.3. The van der Waals surface area contributed by atoms with Crippen LogP contribution in [0.2, 0.25) is 5.02 Å². The van der Waals surface area contributed by atoms with Crippen molar-refractivity contribution >= 4 is 23.1 Å². The summed E-state index contributed by atoms with van der Waals surface area (Å²) in [5, 5.41) is 3.45. The fraction of sp³-hybridized carbons (Fsp3) is 0.211. The first-order valence-electron chi connectivity index (χ1n) is 7.70. The van der Waals surface area contributed by atoms with Gasteiger partial charge in [-0.05, 0) is 31.2 Å². The van der Waals surface area contributed by atoms with Crippen LogP contribution in [0.5, 0.6) is 17.2 Å². The maximum atomic E-state index is 12.2. The predicted molar refractivity (Wildman–Crippen MR) is 99.3 cm³/mol. The Hall–Kier alpha value is -2.66. The average Bonchev–Trinajstić information content (AvgIpc) is 2.63. The molecule has 2 aromatic carbocycles. The quantitative estimate of drug-likeness (QED) is 0.551. The SMILES string of the molecule is CCOc1ccc(C(=O)/C=C/Nc2cc(OC)c(Cl)cc2OC)cc1. The first-order chi connectivity index (χ1) is 12.1. The molecule has 25 heavy (non-hydrogen) atoms. The van der Waals surface area contributed by atoms with Gasteiger partial charge in [0.25, 0.3) is 0 Å². The van der Waals surface area contributed by atoms with E-state index in [-0.39, 0.29) is 5.78 Å². The lowest BCUT2D eigenvalue weighted by molar-refractivity contribution is 0.104. The van der Waals surface area contributed by atoms with Gasteiger partial charge in [-0.2, -0.15) is 0 Å². The van der Waals surface area contributed by atoms with Crippen LogP contribution in [0, 0.1) is 0 Å². The average molecular weight is 362 g/mol. The molecule has 132 valence electrons. The van der Waals surface area contributed by atoms with E-state index in [0.717, 1.165) is 5.75 Å². The van der Waals surface area contributed by atoms with Crippen molar-refractivity contribution in [1.29, 1.82) is 0 Å². The molecule has 6 heteroatoms. The predicted octanol–water partition coefficient (Wildman–Crippen LogP) is 4.56. The molecule has 0 amide bonds. The highest BCUT2D eigenvalue weighted by Gasteiger charge is 2.09. The van der Waals surface area contributed by atoms with Crippen molar-refractivity contribution in [1.82, 2.24) is 0 Å². The second-order valence-corrected chi connectivity index (χ2v) is 5.39. The summed E-state index contributed by atoms with van der Waals surface area (Å²) in [7, 11) is 3.07. The minimum absolute atomic E-state index is 0.129. The lowest BCUT2D eigenvalue weighted by Gasteiger charge is -2.11. The number of ether oxygens (including phenoxy) is 3. The van der Waals surface area contributed by atoms with Crippen molar-refractivity contribution in [2.45, 2.75) is 6.92 Å². The Balaban J connectivity index is 2.08. The number of rotatable bonds is 8. The minimum atomic E-state index is -0.129. The van der Waals surface area contributed by atoms with E-state index in [0.29, 0.717) is 34.4 Å². The number of carbonyl (C=O) groups is 1. The summed E-state index contributed by atoms with van der Waals surface area (Å²) in [6, 6.07) is 10.3. The van der Waals surface area contributed by atoms with Crippen molar-refractivity contribution < 1.29 is 19.0 Å². The molecule has 0 aromatic heterocycles. The van der Waals surface area contributed by atoms with Crippen molar-refractivity contribution in [3.63, 3.8) is 0 Å². The van der Waals surface area contributed by atoms with E-state index >= 15 is 0 Å². The maximum absolute atomic E-state index is 12.2. The lowest BCUT2D eigenvalue weighted by atomic mass is 10.1. The van der Waals surface area contributed by atoms with E-state index in [9.17, 15) is 4.79 Å². The summed E-state index contributed by atoms with van der Waals surface area (Å²) in [5.74, 6) is 1.66. The molecular formula is C19H20ClNO4. The molecule has 0 spiro atoms. The van der Waals surface area contributed by atoms with E-state index in [1.807, 2.05) is 6.92 Å². The standard InChI is InChI=1S/C19H20ClNO4/c1-4-25-14-7-5-13(6-8-14)17(22)9-10-21-16-12-18(23-2)15(20)11-19(16)24-3/h5-12,21H,4H2,1-3H3/b10-9+. The number of carbonyl (C=O) groups excluding carboxylic acids is 1. The van der Waals surface area contributed by atoms with Gasteiger partial charge in [-0.1, -0.05) is 11.6 Å². The summed E-state index contributed by atoms with van der Waals surface area (Å²) in [5.41, 5.74) is 1.21. The molecule has 0 bridgehead atoms. The smallest absolute Gasteiger partial charge is 0.187 e. The number of ketones is 1. The summed E-state index contributed by atoms with van der Waals surface area (Å²) >= 11 is 6.06. The number of hydrogen-bond acceptors (Lipinski definition) is 5. The Bertz CT molecular complexity index is 757. The van der Waals surface area contributed by atoms with Gasteiger partial charge in [-0.15, -0.1) is 0 Å². The van der Waals surface area contributed by atoms with Gasteiger partial charge in [0, 0.05) is 30.0 Å². The van der Waals surface area contributed by atoms with Crippen LogP contribution in [-0.2, 0) is 0 Å². The van der Waals surface area contributed by atoms with Crippen LogP contribution in [0.1, 0.15) is 17.3 Å². The molecule has 0 saturated heterocycles. The largest absolute Gasteiger partial charge is 0.495 e. The van der Waals surface area contributed by atoms with Gasteiger partial charge in [-0.3, -0.25) is 4.79 Å². The molecule has 0 radical (unpaired) electrons. The fourth-order valence-corrected chi connectivity index (χ4v) is 2.39. The molecule has 5 nitrogen and oxygen atoms in total. The van der Waals surface area contributed by atoms with Gasteiger partial charge in [0.2, 0.25) is 0 Å². The highest BCUT2D eigenvalue weighted by atomic mass is 35.5. The molecule has 1 N–H and O–H groups in total. The van der Waals surface area contributed by atoms with Crippen LogP contribution >= 0.6 is 11.6 Å². The van der Waals surface area contributed by atoms with E-state index < -0.39 is 0 Å². The van der Waals surface area contributed by atoms with E-state index in [4.69, 9.17) is 25.8 Å². The van der Waals surface area contributed by atoms with Gasteiger partial charge < -0.3 is 19.5 Å². The molecule has 0 atom stereocenters. The zero-order valence-corrected chi connectivity index (χ0v) is 15.1. The van der Waals surface area contributed by atoms with E-state index in [1.165, 1.54) is 20.3 Å². The normalized spacial score (nSPS) is 10.6. The molecule has 0 aliphatic rings. The molecule has 0 fully saturated rings. The van der Waals surface area contributed by atoms with Gasteiger partial charge >= 0.3 is 0 Å². The molecule has 0 heterocycles. The molecule has 0 aliphatic carbocycles. The molecule has 2 aromatic rings. The third-order valence-corrected chi connectivity index (χ3v) is 3.69.